The van der Waals surface area contributed by atoms with E-state index in [1.165, 1.54) is 6.08 Å². The van der Waals surface area contributed by atoms with Gasteiger partial charge in [-0.05, 0) is 48.9 Å². The zero-order chi connectivity index (χ0) is 18.8. The van der Waals surface area contributed by atoms with Crippen LogP contribution in [0.15, 0.2) is 42.0 Å². The van der Waals surface area contributed by atoms with E-state index in [2.05, 4.69) is 0 Å². The van der Waals surface area contributed by atoms with Crippen LogP contribution in [-0.4, -0.2) is 31.9 Å². The number of rotatable bonds is 5. The first-order valence-corrected chi connectivity index (χ1v) is 8.38. The molecular weight excluding hydrogens is 352 g/mol. The van der Waals surface area contributed by atoms with Gasteiger partial charge in [0, 0.05) is 5.56 Å². The summed E-state index contributed by atoms with van der Waals surface area (Å²) in [6.45, 7) is 2.08. The van der Waals surface area contributed by atoms with E-state index in [1.807, 2.05) is 0 Å². The fourth-order valence-corrected chi connectivity index (χ4v) is 2.79. The Balaban J connectivity index is 1.70. The Bertz CT molecular complexity index is 945. The summed E-state index contributed by atoms with van der Waals surface area (Å²) < 4.78 is 26.2. The first-order chi connectivity index (χ1) is 13.2. The van der Waals surface area contributed by atoms with Crippen LogP contribution < -0.4 is 18.9 Å². The molecule has 27 heavy (non-hydrogen) atoms. The Kier molecular flexibility index (Phi) is 4.42. The summed E-state index contributed by atoms with van der Waals surface area (Å²) in [7, 11) is 0. The third-order valence-electron chi connectivity index (χ3n) is 4.08. The van der Waals surface area contributed by atoms with Crippen LogP contribution in [0.4, 0.5) is 0 Å². The van der Waals surface area contributed by atoms with Gasteiger partial charge in [-0.1, -0.05) is 6.07 Å². The summed E-state index contributed by atoms with van der Waals surface area (Å²) in [4.78, 5) is 25.4. The van der Waals surface area contributed by atoms with Gasteiger partial charge in [-0.25, -0.2) is 4.79 Å². The second kappa shape index (κ2) is 7.03. The van der Waals surface area contributed by atoms with Crippen molar-refractivity contribution >= 4 is 17.8 Å². The van der Waals surface area contributed by atoms with Crippen LogP contribution in [0.3, 0.4) is 0 Å². The lowest BCUT2D eigenvalue weighted by Crippen LogP contribution is -2.16. The smallest absolute Gasteiger partial charge is 0.342 e. The Morgan fingerprint density at radius 2 is 1.56 bits per heavy atom. The maximum absolute atomic E-state index is 13.0. The third kappa shape index (κ3) is 3.31. The van der Waals surface area contributed by atoms with Crippen LogP contribution in [0.1, 0.15) is 22.8 Å². The van der Waals surface area contributed by atoms with E-state index in [9.17, 15) is 9.59 Å². The van der Waals surface area contributed by atoms with Crippen molar-refractivity contribution in [2.45, 2.75) is 6.92 Å². The fraction of sp³-hybridized carbons (Fsp3) is 0.200. The van der Waals surface area contributed by atoms with Crippen LogP contribution in [0.2, 0.25) is 0 Å². The number of esters is 1. The number of ether oxygens (including phenoxy) is 5. The molecule has 0 fully saturated rings. The van der Waals surface area contributed by atoms with Gasteiger partial charge in [-0.3, -0.25) is 4.79 Å². The second-order valence-corrected chi connectivity index (χ2v) is 5.79. The van der Waals surface area contributed by atoms with Gasteiger partial charge in [0.15, 0.2) is 28.8 Å². The highest BCUT2D eigenvalue weighted by molar-refractivity contribution is 6.27. The minimum atomic E-state index is -0.696. The Hall–Kier alpha value is -3.48. The van der Waals surface area contributed by atoms with E-state index < -0.39 is 11.8 Å². The summed E-state index contributed by atoms with van der Waals surface area (Å²) in [6.07, 6.45) is 1.48. The summed E-state index contributed by atoms with van der Waals surface area (Å²) in [5, 5.41) is 0. The van der Waals surface area contributed by atoms with Crippen molar-refractivity contribution in [2.75, 3.05) is 20.2 Å². The van der Waals surface area contributed by atoms with E-state index >= 15 is 0 Å². The number of carbonyl (C=O) groups excluding carboxylic acids is 2. The standard InChI is InChI=1S/C20H16O7/c1-2-23-20(22)14(7-12-3-5-15-17(8-12)26-10-24-15)19(21)13-4-6-16-18(9-13)27-11-25-16/h3-9H,2,10-11H2,1H3/b14-7-. The molecule has 0 unspecified atom stereocenters. The number of carbonyl (C=O) groups is 2. The summed E-state index contributed by atoms with van der Waals surface area (Å²) in [5.41, 5.74) is 0.838. The van der Waals surface area contributed by atoms with Crippen molar-refractivity contribution in [3.8, 4) is 23.0 Å². The molecule has 0 saturated heterocycles. The van der Waals surface area contributed by atoms with Crippen LogP contribution in [0.5, 0.6) is 23.0 Å². The zero-order valence-electron chi connectivity index (χ0n) is 14.5. The molecule has 2 aliphatic rings. The molecule has 0 N–H and O–H groups in total. The normalized spacial score (nSPS) is 14.2. The number of hydrogen-bond donors (Lipinski definition) is 0. The van der Waals surface area contributed by atoms with Crippen LogP contribution in [0.25, 0.3) is 6.08 Å². The third-order valence-corrected chi connectivity index (χ3v) is 4.08. The largest absolute Gasteiger partial charge is 0.462 e. The quantitative estimate of drug-likeness (QED) is 0.264. The monoisotopic (exact) mass is 368 g/mol. The van der Waals surface area contributed by atoms with E-state index in [-0.39, 0.29) is 25.8 Å². The molecule has 2 heterocycles. The van der Waals surface area contributed by atoms with Gasteiger partial charge >= 0.3 is 5.97 Å². The lowest BCUT2D eigenvalue weighted by molar-refractivity contribution is -0.137. The molecule has 7 heteroatoms. The summed E-state index contributed by atoms with van der Waals surface area (Å²) in [6, 6.07) is 9.94. The summed E-state index contributed by atoms with van der Waals surface area (Å²) >= 11 is 0. The highest BCUT2D eigenvalue weighted by atomic mass is 16.7. The van der Waals surface area contributed by atoms with E-state index in [0.717, 1.165) is 0 Å². The van der Waals surface area contributed by atoms with Crippen molar-refractivity contribution in [3.05, 3.63) is 53.1 Å². The highest BCUT2D eigenvalue weighted by Crippen LogP contribution is 2.35. The molecule has 4 rings (SSSR count). The van der Waals surface area contributed by atoms with Crippen molar-refractivity contribution in [3.63, 3.8) is 0 Å². The maximum Gasteiger partial charge on any atom is 0.342 e. The molecule has 0 amide bonds. The van der Waals surface area contributed by atoms with Crippen LogP contribution in [0, 0.1) is 0 Å². The molecule has 0 aliphatic carbocycles. The lowest BCUT2D eigenvalue weighted by atomic mass is 10.0. The topological polar surface area (TPSA) is 80.3 Å². The molecule has 0 aromatic heterocycles. The number of fused-ring (bicyclic) bond motifs is 2. The molecule has 0 atom stereocenters. The average molecular weight is 368 g/mol. The van der Waals surface area contributed by atoms with Gasteiger partial charge in [0.2, 0.25) is 13.6 Å². The van der Waals surface area contributed by atoms with Gasteiger partial charge in [-0.2, -0.15) is 0 Å². The first-order valence-electron chi connectivity index (χ1n) is 8.38. The van der Waals surface area contributed by atoms with E-state index in [4.69, 9.17) is 23.7 Å². The molecule has 138 valence electrons. The second-order valence-electron chi connectivity index (χ2n) is 5.79. The van der Waals surface area contributed by atoms with Crippen molar-refractivity contribution in [1.29, 1.82) is 0 Å². The SMILES string of the molecule is CCOC(=O)/C(=C\c1ccc2c(c1)OCO2)C(=O)c1ccc2c(c1)OCO2. The Labute approximate surface area is 155 Å². The molecule has 0 saturated carbocycles. The molecule has 0 bridgehead atoms. The highest BCUT2D eigenvalue weighted by Gasteiger charge is 2.24. The predicted octanol–water partition coefficient (Wildman–Crippen LogP) is 2.97. The van der Waals surface area contributed by atoms with Gasteiger partial charge < -0.3 is 23.7 Å². The van der Waals surface area contributed by atoms with Gasteiger partial charge in [0.1, 0.15) is 5.57 Å². The maximum atomic E-state index is 13.0. The number of benzene rings is 2. The molecule has 2 aromatic carbocycles. The molecule has 2 aliphatic heterocycles. The first kappa shape index (κ1) is 17.0. The Morgan fingerprint density at radius 1 is 0.926 bits per heavy atom. The molecule has 0 spiro atoms. The average Bonchev–Trinajstić information content (AvgIpc) is 3.33. The zero-order valence-corrected chi connectivity index (χ0v) is 14.5. The van der Waals surface area contributed by atoms with Gasteiger partial charge in [0.25, 0.3) is 0 Å². The lowest BCUT2D eigenvalue weighted by Gasteiger charge is -2.08. The van der Waals surface area contributed by atoms with Crippen LogP contribution >= 0.6 is 0 Å². The summed E-state index contributed by atoms with van der Waals surface area (Å²) in [5.74, 6) is 1.03. The molecular formula is C20H16O7. The van der Waals surface area contributed by atoms with Crippen molar-refractivity contribution < 1.29 is 33.3 Å². The van der Waals surface area contributed by atoms with Crippen LogP contribution in [-0.2, 0) is 9.53 Å². The van der Waals surface area contributed by atoms with E-state index in [1.54, 1.807) is 43.3 Å². The Morgan fingerprint density at radius 3 is 2.26 bits per heavy atom. The van der Waals surface area contributed by atoms with Crippen molar-refractivity contribution in [2.24, 2.45) is 0 Å². The van der Waals surface area contributed by atoms with Gasteiger partial charge in [0.05, 0.1) is 6.61 Å². The van der Waals surface area contributed by atoms with E-state index in [0.29, 0.717) is 34.1 Å². The molecule has 7 nitrogen and oxygen atoms in total. The minimum absolute atomic E-state index is 0.0884. The van der Waals surface area contributed by atoms with Gasteiger partial charge in [-0.15, -0.1) is 0 Å². The number of Topliss-reactive ketones (excluding diaryl/α,β-unsaturated/α-hetero) is 1. The number of hydrogen-bond acceptors (Lipinski definition) is 7. The molecule has 0 radical (unpaired) electrons. The molecule has 2 aromatic rings. The predicted molar refractivity (Wildman–Crippen MR) is 94.1 cm³/mol. The van der Waals surface area contributed by atoms with Crippen molar-refractivity contribution in [1.82, 2.24) is 0 Å². The number of ketones is 1. The minimum Gasteiger partial charge on any atom is -0.462 e. The fourth-order valence-electron chi connectivity index (χ4n) is 2.79.